The van der Waals surface area contributed by atoms with Crippen LogP contribution in [0.1, 0.15) is 16.1 Å². The maximum Gasteiger partial charge on any atom is 0.259 e. The van der Waals surface area contributed by atoms with Gasteiger partial charge in [-0.15, -0.1) is 22.7 Å². The molecule has 0 aliphatic carbocycles. The first-order chi connectivity index (χ1) is 14.2. The Bertz CT molecular complexity index is 1280. The summed E-state index contributed by atoms with van der Waals surface area (Å²) in [6, 6.07) is 19.8. The molecular formula is C22H16N4OS2. The molecule has 7 heteroatoms. The minimum atomic E-state index is -0.172. The van der Waals surface area contributed by atoms with Crippen molar-refractivity contribution >= 4 is 43.8 Å². The zero-order valence-corrected chi connectivity index (χ0v) is 17.1. The van der Waals surface area contributed by atoms with Gasteiger partial charge < -0.3 is 5.32 Å². The first-order valence-corrected chi connectivity index (χ1v) is 10.7. The number of aromatic nitrogens is 3. The van der Waals surface area contributed by atoms with Gasteiger partial charge in [-0.3, -0.25) is 4.79 Å². The first kappa shape index (κ1) is 17.8. The van der Waals surface area contributed by atoms with E-state index < -0.39 is 0 Å². The van der Waals surface area contributed by atoms with Gasteiger partial charge in [-0.25, -0.2) is 9.67 Å². The van der Waals surface area contributed by atoms with Crippen LogP contribution in [0.4, 0.5) is 5.00 Å². The molecule has 0 spiro atoms. The lowest BCUT2D eigenvalue weighted by atomic mass is 10.2. The van der Waals surface area contributed by atoms with Crippen LogP contribution < -0.4 is 5.32 Å². The van der Waals surface area contributed by atoms with Crippen LogP contribution in [0, 0.1) is 6.92 Å². The van der Waals surface area contributed by atoms with E-state index >= 15 is 0 Å². The summed E-state index contributed by atoms with van der Waals surface area (Å²) in [6.07, 6.45) is 1.61. The number of carbonyl (C=O) groups excluding carboxylic acids is 1. The average Bonchev–Trinajstić information content (AvgIpc) is 3.46. The smallest absolute Gasteiger partial charge is 0.259 e. The van der Waals surface area contributed by atoms with Gasteiger partial charge >= 0.3 is 0 Å². The summed E-state index contributed by atoms with van der Waals surface area (Å²) in [6.45, 7) is 1.90. The third-order valence-electron chi connectivity index (χ3n) is 4.67. The Kier molecular flexibility index (Phi) is 4.46. The number of fused-ring (bicyclic) bond motifs is 1. The highest BCUT2D eigenvalue weighted by Crippen LogP contribution is 2.38. The molecule has 0 atom stereocenters. The summed E-state index contributed by atoms with van der Waals surface area (Å²) in [7, 11) is 0. The summed E-state index contributed by atoms with van der Waals surface area (Å²) in [5.74, 6) is -0.172. The molecule has 0 bridgehead atoms. The van der Waals surface area contributed by atoms with E-state index in [4.69, 9.17) is 4.98 Å². The Labute approximate surface area is 175 Å². The quantitative estimate of drug-likeness (QED) is 0.404. The van der Waals surface area contributed by atoms with Gasteiger partial charge in [0.2, 0.25) is 0 Å². The van der Waals surface area contributed by atoms with Crippen molar-refractivity contribution in [2.24, 2.45) is 0 Å². The van der Waals surface area contributed by atoms with Crippen LogP contribution in [-0.4, -0.2) is 20.7 Å². The second-order valence-corrected chi connectivity index (χ2v) is 8.44. The average molecular weight is 417 g/mol. The number of anilines is 1. The molecule has 29 heavy (non-hydrogen) atoms. The normalized spacial score (nSPS) is 11.1. The lowest BCUT2D eigenvalue weighted by molar-refractivity contribution is 0.102. The lowest BCUT2D eigenvalue weighted by Gasteiger charge is -2.06. The summed E-state index contributed by atoms with van der Waals surface area (Å²) in [5.41, 5.74) is 4.19. The molecule has 5 rings (SSSR count). The van der Waals surface area contributed by atoms with E-state index in [0.29, 0.717) is 5.56 Å². The number of carbonyl (C=O) groups is 1. The number of para-hydroxylation sites is 2. The van der Waals surface area contributed by atoms with E-state index in [2.05, 4.69) is 16.5 Å². The van der Waals surface area contributed by atoms with Crippen LogP contribution in [0.2, 0.25) is 0 Å². The third kappa shape index (κ3) is 3.24. The summed E-state index contributed by atoms with van der Waals surface area (Å²) >= 11 is 3.12. The van der Waals surface area contributed by atoms with Gasteiger partial charge in [0.1, 0.15) is 10.0 Å². The maximum absolute atomic E-state index is 13.0. The van der Waals surface area contributed by atoms with Crippen molar-refractivity contribution < 1.29 is 4.79 Å². The molecule has 142 valence electrons. The number of amides is 1. The monoisotopic (exact) mass is 416 g/mol. The fourth-order valence-corrected chi connectivity index (χ4v) is 5.04. The van der Waals surface area contributed by atoms with Crippen molar-refractivity contribution in [3.8, 4) is 16.3 Å². The van der Waals surface area contributed by atoms with E-state index in [0.717, 1.165) is 37.2 Å². The number of thiazole rings is 1. The van der Waals surface area contributed by atoms with Crippen molar-refractivity contribution in [1.82, 2.24) is 14.8 Å². The van der Waals surface area contributed by atoms with Crippen LogP contribution >= 0.6 is 22.7 Å². The summed E-state index contributed by atoms with van der Waals surface area (Å²) in [5, 5.41) is 11.1. The van der Waals surface area contributed by atoms with Gasteiger partial charge in [0, 0.05) is 5.56 Å². The number of hydrogen-bond donors (Lipinski definition) is 1. The molecule has 3 heterocycles. The predicted molar refractivity (Wildman–Crippen MR) is 119 cm³/mol. The van der Waals surface area contributed by atoms with Gasteiger partial charge in [-0.2, -0.15) is 5.10 Å². The molecule has 0 radical (unpaired) electrons. The van der Waals surface area contributed by atoms with Crippen LogP contribution in [-0.2, 0) is 0 Å². The Hall–Kier alpha value is -3.29. The molecule has 3 aromatic heterocycles. The molecule has 5 aromatic rings. The number of rotatable bonds is 4. The van der Waals surface area contributed by atoms with Crippen molar-refractivity contribution in [2.75, 3.05) is 5.32 Å². The maximum atomic E-state index is 13.0. The Balaban J connectivity index is 1.44. The molecule has 0 aliphatic heterocycles. The van der Waals surface area contributed by atoms with Gasteiger partial charge in [0.25, 0.3) is 5.91 Å². The zero-order valence-electron chi connectivity index (χ0n) is 15.5. The molecule has 5 nitrogen and oxygen atoms in total. The van der Waals surface area contributed by atoms with Crippen LogP contribution in [0.15, 0.2) is 72.2 Å². The van der Waals surface area contributed by atoms with Crippen molar-refractivity contribution in [3.63, 3.8) is 0 Å². The minimum Gasteiger partial charge on any atom is -0.313 e. The van der Waals surface area contributed by atoms with E-state index in [1.807, 2.05) is 66.9 Å². The minimum absolute atomic E-state index is 0.172. The molecule has 1 amide bonds. The number of nitrogens with zero attached hydrogens (tertiary/aromatic N) is 3. The van der Waals surface area contributed by atoms with Crippen molar-refractivity contribution in [2.45, 2.75) is 6.92 Å². The number of hydrogen-bond acceptors (Lipinski definition) is 5. The highest BCUT2D eigenvalue weighted by molar-refractivity contribution is 7.22. The topological polar surface area (TPSA) is 59.8 Å². The molecule has 0 saturated heterocycles. The molecular weight excluding hydrogens is 400 g/mol. The first-order valence-electron chi connectivity index (χ1n) is 9.05. The fraction of sp³-hybridized carbons (Fsp3) is 0.0455. The SMILES string of the molecule is Cc1c(C(=O)Nc2sccc2-c2nc3ccccc3s2)cnn1-c1ccccc1. The van der Waals surface area contributed by atoms with Gasteiger partial charge in [0.15, 0.2) is 0 Å². The van der Waals surface area contributed by atoms with Crippen LogP contribution in [0.3, 0.4) is 0 Å². The van der Waals surface area contributed by atoms with Gasteiger partial charge in [0.05, 0.1) is 33.4 Å². The summed E-state index contributed by atoms with van der Waals surface area (Å²) < 4.78 is 2.91. The standard InChI is InChI=1S/C22H16N4OS2/c1-14-17(13-23-26(14)15-7-3-2-4-8-15)20(27)25-21-16(11-12-28-21)22-24-18-9-5-6-10-19(18)29-22/h2-13H,1H3,(H,25,27). The second kappa shape index (κ2) is 7.27. The Morgan fingerprint density at radius 1 is 1.03 bits per heavy atom. The predicted octanol–water partition coefficient (Wildman–Crippen LogP) is 5.77. The van der Waals surface area contributed by atoms with Crippen LogP contribution in [0.25, 0.3) is 26.5 Å². The molecule has 0 saturated carbocycles. The molecule has 0 unspecified atom stereocenters. The molecule has 0 fully saturated rings. The molecule has 0 aliphatic rings. The van der Waals surface area contributed by atoms with Crippen molar-refractivity contribution in [3.05, 3.63) is 83.5 Å². The van der Waals surface area contributed by atoms with Crippen molar-refractivity contribution in [1.29, 1.82) is 0 Å². The second-order valence-electron chi connectivity index (χ2n) is 6.50. The van der Waals surface area contributed by atoms with E-state index in [9.17, 15) is 4.79 Å². The lowest BCUT2D eigenvalue weighted by Crippen LogP contribution is -2.12. The number of thiophene rings is 1. The molecule has 1 N–H and O–H groups in total. The van der Waals surface area contributed by atoms with Crippen LogP contribution in [0.5, 0.6) is 0 Å². The molecule has 2 aromatic carbocycles. The zero-order chi connectivity index (χ0) is 19.8. The number of benzene rings is 2. The van der Waals surface area contributed by atoms with Gasteiger partial charge in [-0.05, 0) is 42.6 Å². The number of nitrogens with one attached hydrogen (secondary N) is 1. The summed E-state index contributed by atoms with van der Waals surface area (Å²) in [4.78, 5) is 17.7. The fourth-order valence-electron chi connectivity index (χ4n) is 3.19. The highest BCUT2D eigenvalue weighted by Gasteiger charge is 2.19. The van der Waals surface area contributed by atoms with E-state index in [-0.39, 0.29) is 5.91 Å². The highest BCUT2D eigenvalue weighted by atomic mass is 32.1. The third-order valence-corrected chi connectivity index (χ3v) is 6.57. The van der Waals surface area contributed by atoms with E-state index in [1.165, 1.54) is 11.3 Å². The van der Waals surface area contributed by atoms with E-state index in [1.54, 1.807) is 22.2 Å². The Morgan fingerprint density at radius 3 is 2.66 bits per heavy atom. The van der Waals surface area contributed by atoms with Gasteiger partial charge in [-0.1, -0.05) is 30.3 Å². The Morgan fingerprint density at radius 2 is 1.83 bits per heavy atom. The largest absolute Gasteiger partial charge is 0.313 e.